The van der Waals surface area contributed by atoms with Crippen LogP contribution in [-0.2, 0) is 13.0 Å². The van der Waals surface area contributed by atoms with Crippen LogP contribution < -0.4 is 11.1 Å². The summed E-state index contributed by atoms with van der Waals surface area (Å²) in [6.45, 7) is 3.00. The normalized spacial score (nSPS) is 12.3. The molecule has 3 N–H and O–H groups in total. The summed E-state index contributed by atoms with van der Waals surface area (Å²) in [4.78, 5) is 11.9. The molecule has 0 aliphatic rings. The highest BCUT2D eigenvalue weighted by Crippen LogP contribution is 2.08. The molecular weight excluding hydrogens is 262 g/mol. The molecule has 19 heavy (non-hydrogen) atoms. The number of aromatic nitrogens is 3. The van der Waals surface area contributed by atoms with E-state index in [-0.39, 0.29) is 11.9 Å². The van der Waals surface area contributed by atoms with Crippen LogP contribution in [-0.4, -0.2) is 33.5 Å². The van der Waals surface area contributed by atoms with Gasteiger partial charge in [0, 0.05) is 12.6 Å². The molecule has 0 aliphatic carbocycles. The second-order valence-electron chi connectivity index (χ2n) is 4.37. The summed E-state index contributed by atoms with van der Waals surface area (Å²) in [7, 11) is 0. The maximum atomic E-state index is 11.9. The first kappa shape index (κ1) is 13.7. The van der Waals surface area contributed by atoms with E-state index in [1.54, 1.807) is 22.2 Å². The molecule has 0 fully saturated rings. The number of hydrogen-bond donors (Lipinski definition) is 2. The molecule has 7 heteroatoms. The van der Waals surface area contributed by atoms with Crippen LogP contribution in [0, 0.1) is 0 Å². The number of hydrogen-bond acceptors (Lipinski definition) is 5. The molecule has 1 amide bonds. The molecule has 102 valence electrons. The summed E-state index contributed by atoms with van der Waals surface area (Å²) < 4.78 is 1.57. The van der Waals surface area contributed by atoms with Gasteiger partial charge in [-0.05, 0) is 35.7 Å². The summed E-state index contributed by atoms with van der Waals surface area (Å²) in [5, 5.41) is 14.7. The summed E-state index contributed by atoms with van der Waals surface area (Å²) in [6, 6.07) is 2.12. The number of nitrogens with zero attached hydrogens (tertiary/aromatic N) is 3. The highest BCUT2D eigenvalue weighted by molar-refractivity contribution is 7.07. The van der Waals surface area contributed by atoms with E-state index in [2.05, 4.69) is 27.1 Å². The Morgan fingerprint density at radius 1 is 1.63 bits per heavy atom. The van der Waals surface area contributed by atoms with Gasteiger partial charge in [0.25, 0.3) is 5.91 Å². The summed E-state index contributed by atoms with van der Waals surface area (Å²) >= 11 is 1.66. The minimum Gasteiger partial charge on any atom is -0.348 e. The van der Waals surface area contributed by atoms with Gasteiger partial charge in [-0.1, -0.05) is 5.21 Å². The van der Waals surface area contributed by atoms with Crippen molar-refractivity contribution in [2.45, 2.75) is 25.9 Å². The molecule has 0 saturated heterocycles. The van der Waals surface area contributed by atoms with E-state index in [1.807, 2.05) is 12.3 Å². The number of thiophene rings is 1. The Hall–Kier alpha value is -1.73. The Morgan fingerprint density at radius 3 is 3.16 bits per heavy atom. The lowest BCUT2D eigenvalue weighted by molar-refractivity contribution is 0.0935. The van der Waals surface area contributed by atoms with Crippen molar-refractivity contribution in [3.05, 3.63) is 34.3 Å². The second kappa shape index (κ2) is 6.44. The topological polar surface area (TPSA) is 85.8 Å². The Labute approximate surface area is 115 Å². The smallest absolute Gasteiger partial charge is 0.273 e. The largest absolute Gasteiger partial charge is 0.348 e. The van der Waals surface area contributed by atoms with Crippen LogP contribution in [0.1, 0.15) is 23.0 Å². The Kier molecular flexibility index (Phi) is 4.64. The molecule has 1 atom stereocenters. The number of nitrogens with two attached hydrogens (primary N) is 1. The first-order chi connectivity index (χ1) is 9.19. The van der Waals surface area contributed by atoms with Crippen LogP contribution in [0.15, 0.2) is 23.0 Å². The molecule has 6 nitrogen and oxygen atoms in total. The van der Waals surface area contributed by atoms with Crippen LogP contribution in [0.2, 0.25) is 0 Å². The predicted molar refractivity (Wildman–Crippen MR) is 74.0 cm³/mol. The molecular formula is C12H17N5OS. The lowest BCUT2D eigenvalue weighted by Crippen LogP contribution is -2.34. The van der Waals surface area contributed by atoms with Crippen molar-refractivity contribution in [3.63, 3.8) is 0 Å². The van der Waals surface area contributed by atoms with Crippen molar-refractivity contribution >= 4 is 17.2 Å². The SMILES string of the molecule is CC(Cc1ccsc1)NC(=O)c1cn(CCN)nn1. The second-order valence-corrected chi connectivity index (χ2v) is 5.15. The van der Waals surface area contributed by atoms with E-state index in [9.17, 15) is 4.79 Å². The molecule has 1 unspecified atom stereocenters. The Morgan fingerprint density at radius 2 is 2.47 bits per heavy atom. The van der Waals surface area contributed by atoms with E-state index < -0.39 is 0 Å². The van der Waals surface area contributed by atoms with Crippen LogP contribution in [0.4, 0.5) is 0 Å². The maximum absolute atomic E-state index is 11.9. The number of carbonyl (C=O) groups is 1. The van der Waals surface area contributed by atoms with Gasteiger partial charge in [-0.15, -0.1) is 5.10 Å². The van der Waals surface area contributed by atoms with E-state index in [0.29, 0.717) is 18.8 Å². The molecule has 0 saturated carbocycles. The number of rotatable bonds is 6. The Bertz CT molecular complexity index is 522. The highest BCUT2D eigenvalue weighted by atomic mass is 32.1. The first-order valence-electron chi connectivity index (χ1n) is 6.11. The van der Waals surface area contributed by atoms with Crippen molar-refractivity contribution in [1.82, 2.24) is 20.3 Å². The highest BCUT2D eigenvalue weighted by Gasteiger charge is 2.13. The molecule has 0 bridgehead atoms. The monoisotopic (exact) mass is 279 g/mol. The van der Waals surface area contributed by atoms with Gasteiger partial charge in [-0.2, -0.15) is 11.3 Å². The Balaban J connectivity index is 1.88. The van der Waals surface area contributed by atoms with Crippen molar-refractivity contribution < 1.29 is 4.79 Å². The van der Waals surface area contributed by atoms with E-state index >= 15 is 0 Å². The van der Waals surface area contributed by atoms with E-state index in [1.165, 1.54) is 5.56 Å². The summed E-state index contributed by atoms with van der Waals surface area (Å²) in [6.07, 6.45) is 2.42. The third kappa shape index (κ3) is 3.87. The zero-order valence-corrected chi connectivity index (χ0v) is 11.6. The van der Waals surface area contributed by atoms with Crippen LogP contribution in [0.25, 0.3) is 0 Å². The van der Waals surface area contributed by atoms with Gasteiger partial charge in [-0.25, -0.2) is 0 Å². The van der Waals surface area contributed by atoms with Crippen LogP contribution in [0.5, 0.6) is 0 Å². The fourth-order valence-corrected chi connectivity index (χ4v) is 2.44. The number of amides is 1. The third-order valence-electron chi connectivity index (χ3n) is 2.63. The van der Waals surface area contributed by atoms with Crippen molar-refractivity contribution in [2.75, 3.05) is 6.54 Å². The van der Waals surface area contributed by atoms with Crippen molar-refractivity contribution in [1.29, 1.82) is 0 Å². The third-order valence-corrected chi connectivity index (χ3v) is 3.36. The summed E-state index contributed by atoms with van der Waals surface area (Å²) in [5.74, 6) is -0.203. The predicted octanol–water partition coefficient (Wildman–Crippen LogP) is 0.659. The lowest BCUT2D eigenvalue weighted by Gasteiger charge is -2.11. The maximum Gasteiger partial charge on any atom is 0.273 e. The van der Waals surface area contributed by atoms with Gasteiger partial charge in [0.05, 0.1) is 12.7 Å². The van der Waals surface area contributed by atoms with Gasteiger partial charge < -0.3 is 11.1 Å². The van der Waals surface area contributed by atoms with Gasteiger partial charge in [-0.3, -0.25) is 9.48 Å². The van der Waals surface area contributed by atoms with Crippen LogP contribution in [0.3, 0.4) is 0 Å². The van der Waals surface area contributed by atoms with Gasteiger partial charge in [0.1, 0.15) is 0 Å². The zero-order valence-electron chi connectivity index (χ0n) is 10.7. The molecule has 2 heterocycles. The lowest BCUT2D eigenvalue weighted by atomic mass is 10.1. The van der Waals surface area contributed by atoms with Crippen molar-refractivity contribution in [2.24, 2.45) is 5.73 Å². The van der Waals surface area contributed by atoms with Crippen LogP contribution >= 0.6 is 11.3 Å². The summed E-state index contributed by atoms with van der Waals surface area (Å²) in [5.41, 5.74) is 6.97. The van der Waals surface area contributed by atoms with Gasteiger partial charge in [0.2, 0.25) is 0 Å². The fourth-order valence-electron chi connectivity index (χ4n) is 1.76. The number of nitrogens with one attached hydrogen (secondary N) is 1. The average molecular weight is 279 g/mol. The van der Waals surface area contributed by atoms with Crippen molar-refractivity contribution in [3.8, 4) is 0 Å². The molecule has 0 spiro atoms. The molecule has 2 rings (SSSR count). The van der Waals surface area contributed by atoms with Gasteiger partial charge in [0.15, 0.2) is 5.69 Å². The fraction of sp³-hybridized carbons (Fsp3) is 0.417. The van der Waals surface area contributed by atoms with E-state index in [4.69, 9.17) is 5.73 Å². The molecule has 2 aromatic rings. The molecule has 0 radical (unpaired) electrons. The molecule has 0 aromatic carbocycles. The minimum absolute atomic E-state index is 0.0572. The molecule has 0 aliphatic heterocycles. The van der Waals surface area contributed by atoms with Gasteiger partial charge >= 0.3 is 0 Å². The average Bonchev–Trinajstić information content (AvgIpc) is 3.00. The molecule has 2 aromatic heterocycles. The minimum atomic E-state index is -0.203. The van der Waals surface area contributed by atoms with E-state index in [0.717, 1.165) is 6.42 Å². The number of carbonyl (C=O) groups excluding carboxylic acids is 1. The quantitative estimate of drug-likeness (QED) is 0.813. The first-order valence-corrected chi connectivity index (χ1v) is 7.05. The standard InChI is InChI=1S/C12H17N5OS/c1-9(6-10-2-5-19-8-10)14-12(18)11-7-17(4-3-13)16-15-11/h2,5,7-9H,3-4,6,13H2,1H3,(H,14,18). The zero-order chi connectivity index (χ0) is 13.7.